The standard InChI is InChI=1S/C22H18ClN3O4S/c1-26-20-19(21(28)25-22(26)31-10-13-4-2-3-5-15(13)23)14(9-18(27)24-20)12-6-7-16-17(8-12)30-11-29-16/h2-8,14H,9-11H2,1H3,(H,24,27)/t14-/m0/s1. The van der Waals surface area contributed by atoms with Crippen LogP contribution in [0.4, 0.5) is 5.82 Å². The number of ether oxygens (including phenoxy) is 2. The second-order valence-electron chi connectivity index (χ2n) is 7.32. The van der Waals surface area contributed by atoms with Gasteiger partial charge < -0.3 is 19.4 Å². The van der Waals surface area contributed by atoms with E-state index in [4.69, 9.17) is 21.1 Å². The van der Waals surface area contributed by atoms with E-state index in [1.54, 1.807) is 17.7 Å². The number of benzene rings is 2. The highest BCUT2D eigenvalue weighted by atomic mass is 35.5. The van der Waals surface area contributed by atoms with Crippen LogP contribution in [0.25, 0.3) is 0 Å². The lowest BCUT2D eigenvalue weighted by atomic mass is 9.86. The van der Waals surface area contributed by atoms with Gasteiger partial charge in [-0.3, -0.25) is 9.59 Å². The fourth-order valence-corrected chi connectivity index (χ4v) is 5.09. The number of halogens is 1. The molecule has 9 heteroatoms. The summed E-state index contributed by atoms with van der Waals surface area (Å²) >= 11 is 7.64. The Kier molecular flexibility index (Phi) is 5.11. The van der Waals surface area contributed by atoms with Crippen LogP contribution in [-0.4, -0.2) is 22.3 Å². The summed E-state index contributed by atoms with van der Waals surface area (Å²) in [5, 5.41) is 4.03. The monoisotopic (exact) mass is 455 g/mol. The average Bonchev–Trinajstić information content (AvgIpc) is 3.23. The predicted octanol–water partition coefficient (Wildman–Crippen LogP) is 3.93. The van der Waals surface area contributed by atoms with Crippen molar-refractivity contribution in [2.75, 3.05) is 12.1 Å². The molecule has 0 unspecified atom stereocenters. The van der Waals surface area contributed by atoms with Crippen LogP contribution in [0.2, 0.25) is 5.02 Å². The van der Waals surface area contributed by atoms with Crippen LogP contribution in [-0.2, 0) is 17.6 Å². The van der Waals surface area contributed by atoms with Gasteiger partial charge in [0.05, 0.1) is 5.56 Å². The summed E-state index contributed by atoms with van der Waals surface area (Å²) in [6.45, 7) is 0.163. The summed E-state index contributed by atoms with van der Waals surface area (Å²) in [6.07, 6.45) is 0.162. The molecular weight excluding hydrogens is 438 g/mol. The molecule has 7 nitrogen and oxygen atoms in total. The van der Waals surface area contributed by atoms with Crippen molar-refractivity contribution in [2.24, 2.45) is 7.05 Å². The normalized spacial score (nSPS) is 16.7. The van der Waals surface area contributed by atoms with Gasteiger partial charge in [0.25, 0.3) is 5.56 Å². The van der Waals surface area contributed by atoms with Gasteiger partial charge in [-0.1, -0.05) is 47.6 Å². The molecule has 0 saturated heterocycles. The van der Waals surface area contributed by atoms with E-state index in [0.29, 0.717) is 38.8 Å². The zero-order valence-corrected chi connectivity index (χ0v) is 18.1. The van der Waals surface area contributed by atoms with Crippen molar-refractivity contribution in [3.05, 3.63) is 74.5 Å². The van der Waals surface area contributed by atoms with Gasteiger partial charge >= 0.3 is 0 Å². The van der Waals surface area contributed by atoms with Gasteiger partial charge in [0.15, 0.2) is 16.7 Å². The zero-order valence-electron chi connectivity index (χ0n) is 16.6. The third-order valence-electron chi connectivity index (χ3n) is 5.41. The minimum atomic E-state index is -0.410. The van der Waals surface area contributed by atoms with Gasteiger partial charge in [0.1, 0.15) is 5.82 Å². The molecule has 1 atom stereocenters. The van der Waals surface area contributed by atoms with Crippen molar-refractivity contribution in [3.8, 4) is 11.5 Å². The number of aromatic nitrogens is 2. The summed E-state index contributed by atoms with van der Waals surface area (Å²) in [6, 6.07) is 13.0. The number of carbonyl (C=O) groups excluding carboxylic acids is 1. The van der Waals surface area contributed by atoms with Gasteiger partial charge in [0.2, 0.25) is 12.7 Å². The van der Waals surface area contributed by atoms with Crippen LogP contribution in [0, 0.1) is 0 Å². The zero-order chi connectivity index (χ0) is 21.5. The van der Waals surface area contributed by atoms with Crippen molar-refractivity contribution in [3.63, 3.8) is 0 Å². The number of carbonyl (C=O) groups is 1. The number of amides is 1. The van der Waals surface area contributed by atoms with E-state index < -0.39 is 5.92 Å². The molecule has 5 rings (SSSR count). The molecule has 2 aromatic carbocycles. The molecular formula is C22H18ClN3O4S. The molecule has 1 amide bonds. The van der Waals surface area contributed by atoms with Crippen LogP contribution >= 0.6 is 23.4 Å². The third kappa shape index (κ3) is 3.66. The number of thioether (sulfide) groups is 1. The Morgan fingerprint density at radius 1 is 1.19 bits per heavy atom. The van der Waals surface area contributed by atoms with Crippen LogP contribution in [0.5, 0.6) is 11.5 Å². The first-order valence-electron chi connectivity index (χ1n) is 9.68. The minimum absolute atomic E-state index is 0.154. The van der Waals surface area contributed by atoms with Crippen molar-refractivity contribution >= 4 is 35.1 Å². The maximum atomic E-state index is 13.1. The van der Waals surface area contributed by atoms with E-state index in [9.17, 15) is 9.59 Å². The lowest BCUT2D eigenvalue weighted by Crippen LogP contribution is -2.33. The molecule has 0 fully saturated rings. The van der Waals surface area contributed by atoms with E-state index in [1.807, 2.05) is 36.4 Å². The second-order valence-corrected chi connectivity index (χ2v) is 8.67. The molecule has 0 radical (unpaired) electrons. The number of nitrogens with zero attached hydrogens (tertiary/aromatic N) is 2. The van der Waals surface area contributed by atoms with Gasteiger partial charge in [-0.2, -0.15) is 4.98 Å². The summed E-state index contributed by atoms with van der Waals surface area (Å²) in [5.74, 6) is 1.73. The maximum Gasteiger partial charge on any atom is 0.279 e. The summed E-state index contributed by atoms with van der Waals surface area (Å²) in [5.41, 5.74) is 1.89. The van der Waals surface area contributed by atoms with Crippen LogP contribution < -0.4 is 20.3 Å². The van der Waals surface area contributed by atoms with Crippen LogP contribution in [0.1, 0.15) is 29.0 Å². The molecule has 0 bridgehead atoms. The van der Waals surface area contributed by atoms with E-state index >= 15 is 0 Å². The Hall–Kier alpha value is -2.97. The number of nitrogens with one attached hydrogen (secondary N) is 1. The van der Waals surface area contributed by atoms with E-state index in [2.05, 4.69) is 10.3 Å². The Balaban J connectivity index is 1.52. The molecule has 3 aromatic rings. The van der Waals surface area contributed by atoms with E-state index in [-0.39, 0.29) is 24.7 Å². The van der Waals surface area contributed by atoms with Gasteiger partial charge in [-0.25, -0.2) is 0 Å². The number of fused-ring (bicyclic) bond motifs is 2. The van der Waals surface area contributed by atoms with Crippen molar-refractivity contribution in [1.82, 2.24) is 9.55 Å². The predicted molar refractivity (Wildman–Crippen MR) is 118 cm³/mol. The maximum absolute atomic E-state index is 13.1. The first kappa shape index (κ1) is 20.0. The average molecular weight is 456 g/mol. The fraction of sp³-hybridized carbons (Fsp3) is 0.227. The SMILES string of the molecule is Cn1c(SCc2ccccc2Cl)nc(=O)c2c1NC(=O)C[C@H]2c1ccc2c(c1)OCO2. The number of anilines is 1. The number of hydrogen-bond acceptors (Lipinski definition) is 6. The smallest absolute Gasteiger partial charge is 0.279 e. The molecule has 2 aliphatic heterocycles. The Labute approximate surface area is 187 Å². The molecule has 2 aliphatic rings. The second kappa shape index (κ2) is 7.94. The number of hydrogen-bond donors (Lipinski definition) is 1. The Morgan fingerprint density at radius 2 is 2.00 bits per heavy atom. The minimum Gasteiger partial charge on any atom is -0.454 e. The highest BCUT2D eigenvalue weighted by Crippen LogP contribution is 2.40. The highest BCUT2D eigenvalue weighted by Gasteiger charge is 2.33. The first-order chi connectivity index (χ1) is 15.0. The Bertz CT molecular complexity index is 1260. The third-order valence-corrected chi connectivity index (χ3v) is 6.86. The molecule has 0 aliphatic carbocycles. The largest absolute Gasteiger partial charge is 0.454 e. The van der Waals surface area contributed by atoms with Gasteiger partial charge in [-0.15, -0.1) is 0 Å². The summed E-state index contributed by atoms with van der Waals surface area (Å²) < 4.78 is 12.6. The lowest BCUT2D eigenvalue weighted by molar-refractivity contribution is -0.116. The number of rotatable bonds is 4. The van der Waals surface area contributed by atoms with Crippen molar-refractivity contribution < 1.29 is 14.3 Å². The van der Waals surface area contributed by atoms with Gasteiger partial charge in [-0.05, 0) is 29.3 Å². The molecule has 1 N–H and O–H groups in total. The van der Waals surface area contributed by atoms with Crippen LogP contribution in [0.15, 0.2) is 52.4 Å². The molecule has 31 heavy (non-hydrogen) atoms. The van der Waals surface area contributed by atoms with Gasteiger partial charge in [0, 0.05) is 30.2 Å². The molecule has 1 aromatic heterocycles. The van der Waals surface area contributed by atoms with Crippen molar-refractivity contribution in [2.45, 2.75) is 23.2 Å². The molecule has 0 saturated carbocycles. The van der Waals surface area contributed by atoms with E-state index in [1.165, 1.54) is 11.8 Å². The topological polar surface area (TPSA) is 82.5 Å². The summed E-state index contributed by atoms with van der Waals surface area (Å²) in [4.78, 5) is 29.9. The van der Waals surface area contributed by atoms with E-state index in [0.717, 1.165) is 11.1 Å². The summed E-state index contributed by atoms with van der Waals surface area (Å²) in [7, 11) is 1.79. The molecule has 3 heterocycles. The van der Waals surface area contributed by atoms with Crippen LogP contribution in [0.3, 0.4) is 0 Å². The fourth-order valence-electron chi connectivity index (χ4n) is 3.84. The highest BCUT2D eigenvalue weighted by molar-refractivity contribution is 7.98. The quantitative estimate of drug-likeness (QED) is 0.474. The lowest BCUT2D eigenvalue weighted by Gasteiger charge is -2.27. The Morgan fingerprint density at radius 3 is 2.84 bits per heavy atom. The molecule has 0 spiro atoms. The molecule has 158 valence electrons. The van der Waals surface area contributed by atoms with Crippen molar-refractivity contribution in [1.29, 1.82) is 0 Å². The first-order valence-corrected chi connectivity index (χ1v) is 11.0.